The monoisotopic (exact) mass is 263 g/mol. The Morgan fingerprint density at radius 3 is 2.72 bits per heavy atom. The molecule has 0 amide bonds. The van der Waals surface area contributed by atoms with Crippen molar-refractivity contribution in [1.82, 2.24) is 0 Å². The van der Waals surface area contributed by atoms with Crippen molar-refractivity contribution in [3.8, 4) is 11.5 Å². The van der Waals surface area contributed by atoms with Gasteiger partial charge < -0.3 is 15.2 Å². The topological polar surface area (TPSA) is 44.5 Å². The number of benzene rings is 1. The van der Waals surface area contributed by atoms with Crippen LogP contribution >= 0.6 is 11.3 Å². The van der Waals surface area contributed by atoms with Gasteiger partial charge in [0.1, 0.15) is 11.5 Å². The first kappa shape index (κ1) is 12.9. The Labute approximate surface area is 111 Å². The molecule has 0 saturated heterocycles. The van der Waals surface area contributed by atoms with Crippen LogP contribution in [-0.2, 0) is 0 Å². The standard InChI is InChI=1S/C14H17NO2S/c1-3-17-11-7-5-4-6-10(11)13(15)14-12(16-2)8-9-18-14/h4-9,13H,3,15H2,1-2H3. The Balaban J connectivity index is 2.36. The smallest absolute Gasteiger partial charge is 0.134 e. The number of rotatable bonds is 5. The van der Waals surface area contributed by atoms with Gasteiger partial charge in [-0.2, -0.15) is 0 Å². The van der Waals surface area contributed by atoms with Gasteiger partial charge in [0, 0.05) is 5.56 Å². The Kier molecular flexibility index (Phi) is 4.23. The Bertz CT molecular complexity index is 510. The highest BCUT2D eigenvalue weighted by atomic mass is 32.1. The third-order valence-corrected chi connectivity index (χ3v) is 3.69. The second-order valence-electron chi connectivity index (χ2n) is 3.80. The minimum Gasteiger partial charge on any atom is -0.496 e. The second kappa shape index (κ2) is 5.89. The van der Waals surface area contributed by atoms with Gasteiger partial charge in [-0.3, -0.25) is 0 Å². The zero-order valence-electron chi connectivity index (χ0n) is 10.6. The van der Waals surface area contributed by atoms with Crippen LogP contribution in [0, 0.1) is 0 Å². The van der Waals surface area contributed by atoms with Gasteiger partial charge >= 0.3 is 0 Å². The van der Waals surface area contributed by atoms with E-state index in [1.165, 1.54) is 0 Å². The number of hydrogen-bond acceptors (Lipinski definition) is 4. The van der Waals surface area contributed by atoms with Crippen molar-refractivity contribution in [3.05, 3.63) is 46.2 Å². The van der Waals surface area contributed by atoms with E-state index in [0.717, 1.165) is 21.9 Å². The molecule has 1 atom stereocenters. The molecule has 0 saturated carbocycles. The van der Waals surface area contributed by atoms with Crippen molar-refractivity contribution in [1.29, 1.82) is 0 Å². The van der Waals surface area contributed by atoms with Gasteiger partial charge in [0.2, 0.25) is 0 Å². The lowest BCUT2D eigenvalue weighted by molar-refractivity contribution is 0.335. The summed E-state index contributed by atoms with van der Waals surface area (Å²) in [4.78, 5) is 1.02. The summed E-state index contributed by atoms with van der Waals surface area (Å²) in [5, 5.41) is 1.98. The van der Waals surface area contributed by atoms with E-state index < -0.39 is 0 Å². The van der Waals surface area contributed by atoms with E-state index in [4.69, 9.17) is 15.2 Å². The number of methoxy groups -OCH3 is 1. The fourth-order valence-electron chi connectivity index (χ4n) is 1.87. The Hall–Kier alpha value is -1.52. The van der Waals surface area contributed by atoms with E-state index in [2.05, 4.69) is 0 Å². The summed E-state index contributed by atoms with van der Waals surface area (Å²) in [6, 6.07) is 9.57. The molecule has 0 fully saturated rings. The Morgan fingerprint density at radius 2 is 2.00 bits per heavy atom. The van der Waals surface area contributed by atoms with Crippen LogP contribution < -0.4 is 15.2 Å². The summed E-state index contributed by atoms with van der Waals surface area (Å²) in [6.07, 6.45) is 0. The van der Waals surface area contributed by atoms with Crippen LogP contribution in [-0.4, -0.2) is 13.7 Å². The molecule has 0 aliphatic rings. The average Bonchev–Trinajstić information content (AvgIpc) is 2.87. The predicted octanol–water partition coefficient (Wildman–Crippen LogP) is 3.20. The molecule has 96 valence electrons. The van der Waals surface area contributed by atoms with Crippen molar-refractivity contribution in [2.45, 2.75) is 13.0 Å². The summed E-state index contributed by atoms with van der Waals surface area (Å²) in [6.45, 7) is 2.60. The van der Waals surface area contributed by atoms with E-state index in [-0.39, 0.29) is 6.04 Å². The maximum Gasteiger partial charge on any atom is 0.134 e. The number of hydrogen-bond donors (Lipinski definition) is 1. The molecule has 2 N–H and O–H groups in total. The lowest BCUT2D eigenvalue weighted by Crippen LogP contribution is -2.13. The minimum atomic E-state index is -0.220. The van der Waals surface area contributed by atoms with Crippen LogP contribution in [0.4, 0.5) is 0 Å². The number of para-hydroxylation sites is 1. The van der Waals surface area contributed by atoms with Gasteiger partial charge in [0.05, 0.1) is 24.6 Å². The van der Waals surface area contributed by atoms with Crippen LogP contribution in [0.5, 0.6) is 11.5 Å². The molecule has 1 aromatic heterocycles. The lowest BCUT2D eigenvalue weighted by atomic mass is 10.0. The molecule has 2 aromatic rings. The lowest BCUT2D eigenvalue weighted by Gasteiger charge is -2.16. The van der Waals surface area contributed by atoms with Crippen molar-refractivity contribution < 1.29 is 9.47 Å². The molecule has 0 aliphatic carbocycles. The first-order valence-corrected chi connectivity index (χ1v) is 6.74. The van der Waals surface area contributed by atoms with E-state index in [0.29, 0.717) is 6.61 Å². The van der Waals surface area contributed by atoms with Crippen molar-refractivity contribution in [2.75, 3.05) is 13.7 Å². The molecule has 0 spiro atoms. The van der Waals surface area contributed by atoms with Gasteiger partial charge in [-0.25, -0.2) is 0 Å². The molecule has 1 heterocycles. The van der Waals surface area contributed by atoms with Crippen LogP contribution in [0.1, 0.15) is 23.4 Å². The average molecular weight is 263 g/mol. The SMILES string of the molecule is CCOc1ccccc1C(N)c1sccc1OC. The van der Waals surface area contributed by atoms with Crippen LogP contribution in [0.3, 0.4) is 0 Å². The van der Waals surface area contributed by atoms with E-state index in [1.54, 1.807) is 18.4 Å². The molecule has 1 aromatic carbocycles. The van der Waals surface area contributed by atoms with Gasteiger partial charge in [-0.1, -0.05) is 18.2 Å². The zero-order chi connectivity index (χ0) is 13.0. The predicted molar refractivity (Wildman–Crippen MR) is 74.5 cm³/mol. The van der Waals surface area contributed by atoms with E-state index in [9.17, 15) is 0 Å². The van der Waals surface area contributed by atoms with Crippen molar-refractivity contribution in [2.24, 2.45) is 5.73 Å². The highest BCUT2D eigenvalue weighted by Crippen LogP contribution is 2.36. The first-order chi connectivity index (χ1) is 8.77. The van der Waals surface area contributed by atoms with E-state index >= 15 is 0 Å². The van der Waals surface area contributed by atoms with Gasteiger partial charge in [-0.15, -0.1) is 11.3 Å². The molecular weight excluding hydrogens is 246 g/mol. The molecule has 2 rings (SSSR count). The molecule has 3 nitrogen and oxygen atoms in total. The molecule has 18 heavy (non-hydrogen) atoms. The molecule has 1 unspecified atom stereocenters. The highest BCUT2D eigenvalue weighted by Gasteiger charge is 2.18. The summed E-state index contributed by atoms with van der Waals surface area (Å²) in [5.41, 5.74) is 7.30. The number of thiophene rings is 1. The van der Waals surface area contributed by atoms with Gasteiger partial charge in [0.15, 0.2) is 0 Å². The summed E-state index contributed by atoms with van der Waals surface area (Å²) >= 11 is 1.60. The zero-order valence-corrected chi connectivity index (χ0v) is 11.4. The van der Waals surface area contributed by atoms with Crippen LogP contribution in [0.25, 0.3) is 0 Å². The Morgan fingerprint density at radius 1 is 1.22 bits per heavy atom. The van der Waals surface area contributed by atoms with Gasteiger partial charge in [-0.05, 0) is 24.4 Å². The van der Waals surface area contributed by atoms with Crippen molar-refractivity contribution >= 4 is 11.3 Å². The molecular formula is C14H17NO2S. The van der Waals surface area contributed by atoms with E-state index in [1.807, 2.05) is 42.6 Å². The third-order valence-electron chi connectivity index (χ3n) is 2.71. The maximum absolute atomic E-state index is 6.32. The summed E-state index contributed by atoms with van der Waals surface area (Å²) in [5.74, 6) is 1.67. The number of nitrogens with two attached hydrogens (primary N) is 1. The summed E-state index contributed by atoms with van der Waals surface area (Å²) < 4.78 is 10.9. The molecule has 4 heteroatoms. The molecule has 0 aliphatic heterocycles. The largest absolute Gasteiger partial charge is 0.496 e. The molecule has 0 bridgehead atoms. The first-order valence-electron chi connectivity index (χ1n) is 5.86. The van der Waals surface area contributed by atoms with Crippen LogP contribution in [0.15, 0.2) is 35.7 Å². The fourth-order valence-corrected chi connectivity index (χ4v) is 2.75. The quantitative estimate of drug-likeness (QED) is 0.901. The van der Waals surface area contributed by atoms with Crippen LogP contribution in [0.2, 0.25) is 0 Å². The normalized spacial score (nSPS) is 12.2. The minimum absolute atomic E-state index is 0.220. The third kappa shape index (κ3) is 2.49. The molecule has 0 radical (unpaired) electrons. The maximum atomic E-state index is 6.32. The fraction of sp³-hybridized carbons (Fsp3) is 0.286. The highest BCUT2D eigenvalue weighted by molar-refractivity contribution is 7.10. The second-order valence-corrected chi connectivity index (χ2v) is 4.75. The van der Waals surface area contributed by atoms with Gasteiger partial charge in [0.25, 0.3) is 0 Å². The summed E-state index contributed by atoms with van der Waals surface area (Å²) in [7, 11) is 1.66. The van der Waals surface area contributed by atoms with Crippen molar-refractivity contribution in [3.63, 3.8) is 0 Å². The number of ether oxygens (including phenoxy) is 2.